The van der Waals surface area contributed by atoms with Gasteiger partial charge in [-0.05, 0) is 30.5 Å². The van der Waals surface area contributed by atoms with Gasteiger partial charge in [-0.3, -0.25) is 9.59 Å². The number of Topliss-reactive ketones (excluding diaryl/α,β-unsaturated/α-hetero) is 1. The second-order valence-corrected chi connectivity index (χ2v) is 7.58. The van der Waals surface area contributed by atoms with Gasteiger partial charge in [0.05, 0.1) is 31.6 Å². The quantitative estimate of drug-likeness (QED) is 0.527. The summed E-state index contributed by atoms with van der Waals surface area (Å²) in [5.74, 6) is -1.72. The van der Waals surface area contributed by atoms with Crippen molar-refractivity contribution in [1.29, 1.82) is 0 Å². The highest BCUT2D eigenvalue weighted by Gasteiger charge is 2.44. The molecule has 0 bridgehead atoms. The largest absolute Gasteiger partial charge is 0.504 e. The number of benzene rings is 2. The zero-order chi connectivity index (χ0) is 21.4. The van der Waals surface area contributed by atoms with E-state index in [2.05, 4.69) is 10.6 Å². The summed E-state index contributed by atoms with van der Waals surface area (Å²) in [6, 6.07) is 12.1. The van der Waals surface area contributed by atoms with E-state index in [0.717, 1.165) is 17.1 Å². The van der Waals surface area contributed by atoms with Gasteiger partial charge in [-0.25, -0.2) is 0 Å². The topological polar surface area (TPSA) is 96.9 Å². The van der Waals surface area contributed by atoms with Gasteiger partial charge in [0.25, 0.3) is 0 Å². The van der Waals surface area contributed by atoms with Gasteiger partial charge >= 0.3 is 5.97 Å². The first-order chi connectivity index (χ1) is 14.5. The molecule has 2 aliphatic rings. The minimum Gasteiger partial charge on any atom is -0.504 e. The highest BCUT2D eigenvalue weighted by atomic mass is 16.5. The van der Waals surface area contributed by atoms with Crippen molar-refractivity contribution in [1.82, 2.24) is 0 Å². The molecular weight excluding hydrogens is 384 g/mol. The lowest BCUT2D eigenvalue weighted by molar-refractivity contribution is -0.151. The van der Waals surface area contributed by atoms with Crippen LogP contribution in [0.3, 0.4) is 0 Å². The molecule has 4 rings (SSSR count). The number of nitrogens with one attached hydrogen (secondary N) is 2. The Bertz CT molecular complexity index is 1050. The number of ketones is 1. The number of ether oxygens (including phenoxy) is 2. The van der Waals surface area contributed by atoms with Crippen LogP contribution in [0.5, 0.6) is 11.5 Å². The Hall–Kier alpha value is -3.48. The summed E-state index contributed by atoms with van der Waals surface area (Å²) in [6.45, 7) is 1.87. The molecule has 0 fully saturated rings. The molecule has 7 heteroatoms. The average molecular weight is 408 g/mol. The lowest BCUT2D eigenvalue weighted by atomic mass is 9.74. The zero-order valence-corrected chi connectivity index (χ0v) is 17.1. The van der Waals surface area contributed by atoms with Crippen LogP contribution in [0.4, 0.5) is 11.4 Å². The van der Waals surface area contributed by atoms with Gasteiger partial charge in [-0.2, -0.15) is 0 Å². The molecule has 3 N–H and O–H groups in total. The van der Waals surface area contributed by atoms with Crippen molar-refractivity contribution >= 4 is 23.1 Å². The molecule has 0 saturated carbocycles. The van der Waals surface area contributed by atoms with Gasteiger partial charge in [0.2, 0.25) is 0 Å². The van der Waals surface area contributed by atoms with Gasteiger partial charge in [0.1, 0.15) is 5.92 Å². The molecular formula is C23H24N2O5. The van der Waals surface area contributed by atoms with Crippen LogP contribution in [0, 0.1) is 11.8 Å². The fourth-order valence-electron chi connectivity index (χ4n) is 4.30. The monoisotopic (exact) mass is 408 g/mol. The summed E-state index contributed by atoms with van der Waals surface area (Å²) in [6.07, 6.45) is 0.498. The maximum absolute atomic E-state index is 13.6. The zero-order valence-electron chi connectivity index (χ0n) is 17.1. The summed E-state index contributed by atoms with van der Waals surface area (Å²) >= 11 is 0. The van der Waals surface area contributed by atoms with Gasteiger partial charge in [0.15, 0.2) is 17.3 Å². The number of methoxy groups -OCH3 is 2. The van der Waals surface area contributed by atoms with Crippen LogP contribution in [0.2, 0.25) is 0 Å². The van der Waals surface area contributed by atoms with Crippen LogP contribution in [0.25, 0.3) is 0 Å². The normalized spacial score (nSPS) is 22.8. The van der Waals surface area contributed by atoms with Crippen LogP contribution in [0.1, 0.15) is 24.9 Å². The number of hydrogen-bond donors (Lipinski definition) is 3. The van der Waals surface area contributed by atoms with Gasteiger partial charge in [0, 0.05) is 16.8 Å². The number of phenolic OH excluding ortho intramolecular Hbond substituents is 1. The summed E-state index contributed by atoms with van der Waals surface area (Å²) in [7, 11) is 2.76. The number of hydrogen-bond acceptors (Lipinski definition) is 7. The standard InChI is InChI=1S/C23H24N2O5/c1-12-11-16-19(22(27)18(12)23(28)30-3)20(13-7-6-10-17(29-2)21(13)26)25-15-9-5-4-8-14(15)24-16/h4-10,12,18,20,24-26H,11H2,1-3H3/t12-,18-,20+/m1/s1. The number of carbonyl (C=O) groups excluding carboxylic acids is 2. The Morgan fingerprint density at radius 1 is 1.10 bits per heavy atom. The summed E-state index contributed by atoms with van der Waals surface area (Å²) in [5.41, 5.74) is 3.26. The number of carbonyl (C=O) groups is 2. The molecule has 2 aromatic rings. The molecule has 3 atom stereocenters. The van der Waals surface area contributed by atoms with Gasteiger partial charge < -0.3 is 25.2 Å². The fraction of sp³-hybridized carbons (Fsp3) is 0.304. The number of para-hydroxylation sites is 3. The Kier molecular flexibility index (Phi) is 5.11. The molecule has 0 amide bonds. The van der Waals surface area contributed by atoms with Crippen LogP contribution >= 0.6 is 0 Å². The van der Waals surface area contributed by atoms with E-state index >= 15 is 0 Å². The molecule has 30 heavy (non-hydrogen) atoms. The first-order valence-corrected chi connectivity index (χ1v) is 9.79. The highest BCUT2D eigenvalue weighted by Crippen LogP contribution is 2.46. The first kappa shape index (κ1) is 19.8. The average Bonchev–Trinajstić information content (AvgIpc) is 2.90. The second kappa shape index (κ2) is 7.74. The molecule has 0 spiro atoms. The molecule has 0 aromatic heterocycles. The Balaban J connectivity index is 1.91. The van der Waals surface area contributed by atoms with E-state index in [9.17, 15) is 14.7 Å². The van der Waals surface area contributed by atoms with E-state index < -0.39 is 17.9 Å². The Morgan fingerprint density at radius 3 is 2.53 bits per heavy atom. The number of aromatic hydroxyl groups is 1. The molecule has 0 unspecified atom stereocenters. The molecule has 2 aromatic carbocycles. The van der Waals surface area contributed by atoms with E-state index in [4.69, 9.17) is 9.47 Å². The van der Waals surface area contributed by atoms with E-state index in [1.807, 2.05) is 31.2 Å². The predicted molar refractivity (Wildman–Crippen MR) is 112 cm³/mol. The third-order valence-electron chi connectivity index (χ3n) is 5.79. The van der Waals surface area contributed by atoms with Crippen molar-refractivity contribution in [3.8, 4) is 11.5 Å². The lowest BCUT2D eigenvalue weighted by Crippen LogP contribution is -2.39. The van der Waals surface area contributed by atoms with Crippen molar-refractivity contribution in [3.05, 3.63) is 59.3 Å². The predicted octanol–water partition coefficient (Wildman–Crippen LogP) is 3.63. The van der Waals surface area contributed by atoms with Crippen molar-refractivity contribution < 1.29 is 24.2 Å². The van der Waals surface area contributed by atoms with Crippen LogP contribution in [0.15, 0.2) is 53.7 Å². The molecule has 0 radical (unpaired) electrons. The van der Waals surface area contributed by atoms with Crippen molar-refractivity contribution in [2.45, 2.75) is 19.4 Å². The van der Waals surface area contributed by atoms with Crippen LogP contribution in [-0.4, -0.2) is 31.1 Å². The molecule has 1 aliphatic carbocycles. The van der Waals surface area contributed by atoms with E-state index in [1.165, 1.54) is 14.2 Å². The number of allylic oxidation sites excluding steroid dienone is 1. The number of anilines is 2. The van der Waals surface area contributed by atoms with Crippen molar-refractivity contribution in [2.24, 2.45) is 11.8 Å². The molecule has 156 valence electrons. The van der Waals surface area contributed by atoms with Crippen LogP contribution < -0.4 is 15.4 Å². The maximum Gasteiger partial charge on any atom is 0.316 e. The van der Waals surface area contributed by atoms with Crippen molar-refractivity contribution in [2.75, 3.05) is 24.9 Å². The third kappa shape index (κ3) is 3.16. The van der Waals surface area contributed by atoms with E-state index in [-0.39, 0.29) is 17.5 Å². The second-order valence-electron chi connectivity index (χ2n) is 7.58. The smallest absolute Gasteiger partial charge is 0.316 e. The number of esters is 1. The Morgan fingerprint density at radius 2 is 1.83 bits per heavy atom. The molecule has 1 aliphatic heterocycles. The minimum atomic E-state index is -0.895. The van der Waals surface area contributed by atoms with Gasteiger partial charge in [-0.1, -0.05) is 31.2 Å². The maximum atomic E-state index is 13.6. The van der Waals surface area contributed by atoms with Crippen molar-refractivity contribution in [3.63, 3.8) is 0 Å². The summed E-state index contributed by atoms with van der Waals surface area (Å²) in [4.78, 5) is 26.0. The molecule has 0 saturated heterocycles. The fourth-order valence-corrected chi connectivity index (χ4v) is 4.30. The van der Waals surface area contributed by atoms with E-state index in [1.54, 1.807) is 18.2 Å². The number of fused-ring (bicyclic) bond motifs is 1. The summed E-state index contributed by atoms with van der Waals surface area (Å²) < 4.78 is 10.2. The molecule has 7 nitrogen and oxygen atoms in total. The summed E-state index contributed by atoms with van der Waals surface area (Å²) in [5, 5.41) is 17.6. The third-order valence-corrected chi connectivity index (χ3v) is 5.79. The molecule has 1 heterocycles. The van der Waals surface area contributed by atoms with Crippen LogP contribution in [-0.2, 0) is 14.3 Å². The van der Waals surface area contributed by atoms with Gasteiger partial charge in [-0.15, -0.1) is 0 Å². The minimum absolute atomic E-state index is 0.0511. The number of rotatable bonds is 3. The lowest BCUT2D eigenvalue weighted by Gasteiger charge is -2.32. The number of phenols is 1. The Labute approximate surface area is 174 Å². The first-order valence-electron chi connectivity index (χ1n) is 9.79. The van der Waals surface area contributed by atoms with E-state index in [0.29, 0.717) is 23.3 Å². The highest BCUT2D eigenvalue weighted by molar-refractivity contribution is 6.11. The SMILES string of the molecule is COC(=O)[C@H]1C(=O)C2=C(C[C@H]1C)Nc1ccccc1N[C@H]2c1cccc(OC)c1O.